The van der Waals surface area contributed by atoms with Crippen LogP contribution in [-0.4, -0.2) is 55.7 Å². The van der Waals surface area contributed by atoms with Gasteiger partial charge in [-0.15, -0.1) is 0 Å². The van der Waals surface area contributed by atoms with Gasteiger partial charge in [0.15, 0.2) is 17.7 Å². The van der Waals surface area contributed by atoms with Crippen LogP contribution in [0.15, 0.2) is 35.4 Å². The van der Waals surface area contributed by atoms with E-state index in [9.17, 15) is 23.5 Å². The van der Waals surface area contributed by atoms with E-state index in [4.69, 9.17) is 19.9 Å². The Hall–Kier alpha value is -2.82. The van der Waals surface area contributed by atoms with Crippen molar-refractivity contribution in [2.45, 2.75) is 77.8 Å². The molecule has 1 aliphatic heterocycles. The van der Waals surface area contributed by atoms with Crippen LogP contribution in [0.3, 0.4) is 0 Å². The maximum atomic E-state index is 14.6. The lowest BCUT2D eigenvalue weighted by molar-refractivity contribution is -0.112. The van der Waals surface area contributed by atoms with Crippen LogP contribution in [0.5, 0.6) is 0 Å². The number of allylic oxidation sites excluding steroid dienone is 1. The van der Waals surface area contributed by atoms with Gasteiger partial charge in [-0.25, -0.2) is 13.6 Å². The van der Waals surface area contributed by atoms with Crippen molar-refractivity contribution < 1.29 is 37.7 Å². The molecule has 1 aromatic rings. The highest BCUT2D eigenvalue weighted by molar-refractivity contribution is 6.03. The number of halogens is 2. The van der Waals surface area contributed by atoms with Gasteiger partial charge in [0.05, 0.1) is 18.3 Å². The molecule has 0 aliphatic carbocycles. The number of nitrogens with one attached hydrogen (secondary N) is 1. The third-order valence-corrected chi connectivity index (χ3v) is 6.90. The van der Waals surface area contributed by atoms with Crippen molar-refractivity contribution in [2.75, 3.05) is 19.5 Å². The lowest BCUT2D eigenvalue weighted by Crippen LogP contribution is -2.37. The number of amides is 2. The van der Waals surface area contributed by atoms with Gasteiger partial charge < -0.3 is 30.4 Å². The number of anilines is 1. The maximum Gasteiger partial charge on any atom is 0.405 e. The number of rotatable bonds is 3. The van der Waals surface area contributed by atoms with Crippen LogP contribution in [0.2, 0.25) is 0 Å². The average molecular weight is 539 g/mol. The highest BCUT2D eigenvalue weighted by Crippen LogP contribution is 2.27. The SMILES string of the molecule is CO[C@H]1C[C@H](C)Cc2cc(cc(F)c2F)NC(=O)/C(C)=C/CC[C@H](OC)[C@@H](OC(N)=O)/C(C)=C/[C@H](C)[C@H]1O. The number of nitrogens with two attached hydrogens (primary N) is 1. The number of hydrogen-bond donors (Lipinski definition) is 3. The van der Waals surface area contributed by atoms with Crippen LogP contribution in [-0.2, 0) is 25.4 Å². The summed E-state index contributed by atoms with van der Waals surface area (Å²) in [5.74, 6) is -3.09. The zero-order valence-corrected chi connectivity index (χ0v) is 22.9. The second kappa shape index (κ2) is 14.4. The summed E-state index contributed by atoms with van der Waals surface area (Å²) >= 11 is 0. The summed E-state index contributed by atoms with van der Waals surface area (Å²) < 4.78 is 45.5. The Morgan fingerprint density at radius 1 is 1.13 bits per heavy atom. The summed E-state index contributed by atoms with van der Waals surface area (Å²) in [5.41, 5.74) is 6.60. The molecule has 8 nitrogen and oxygen atoms in total. The molecule has 0 radical (unpaired) electrons. The first-order chi connectivity index (χ1) is 17.9. The van der Waals surface area contributed by atoms with Gasteiger partial charge in [0.25, 0.3) is 5.91 Å². The number of carbonyl (C=O) groups excluding carboxylic acids is 2. The Kier molecular flexibility index (Phi) is 11.9. The van der Waals surface area contributed by atoms with Gasteiger partial charge in [-0.1, -0.05) is 26.0 Å². The molecular weight excluding hydrogens is 498 g/mol. The normalized spacial score (nSPS) is 30.9. The number of carbonyl (C=O) groups is 2. The van der Waals surface area contributed by atoms with Crippen LogP contribution in [0.4, 0.5) is 19.3 Å². The first-order valence-corrected chi connectivity index (χ1v) is 12.7. The molecule has 0 aromatic heterocycles. The van der Waals surface area contributed by atoms with Gasteiger partial charge in [0, 0.05) is 37.5 Å². The number of benzene rings is 1. The molecule has 1 aromatic carbocycles. The molecule has 6 atom stereocenters. The van der Waals surface area contributed by atoms with Gasteiger partial charge in [0.2, 0.25) is 0 Å². The van der Waals surface area contributed by atoms with Gasteiger partial charge in [-0.3, -0.25) is 4.79 Å². The zero-order chi connectivity index (χ0) is 28.6. The number of primary amides is 1. The van der Waals surface area contributed by atoms with Crippen LogP contribution in [0, 0.1) is 23.5 Å². The third-order valence-electron chi connectivity index (χ3n) is 6.90. The second-order valence-corrected chi connectivity index (χ2v) is 10.1. The van der Waals surface area contributed by atoms with E-state index in [0.29, 0.717) is 30.4 Å². The first-order valence-electron chi connectivity index (χ1n) is 12.7. The van der Waals surface area contributed by atoms with Crippen LogP contribution >= 0.6 is 0 Å². The number of ether oxygens (including phenoxy) is 3. The monoisotopic (exact) mass is 538 g/mol. The molecule has 0 saturated carbocycles. The fourth-order valence-electron chi connectivity index (χ4n) is 4.81. The summed E-state index contributed by atoms with van der Waals surface area (Å²) in [6.45, 7) is 7.02. The average Bonchev–Trinajstić information content (AvgIpc) is 2.85. The van der Waals surface area contributed by atoms with Crippen molar-refractivity contribution >= 4 is 17.7 Å². The van der Waals surface area contributed by atoms with E-state index in [2.05, 4.69) is 5.32 Å². The van der Waals surface area contributed by atoms with E-state index in [1.165, 1.54) is 20.3 Å². The number of fused-ring (bicyclic) bond motifs is 2. The molecule has 0 spiro atoms. The summed E-state index contributed by atoms with van der Waals surface area (Å²) in [6.07, 6.45) is 0.868. The maximum absolute atomic E-state index is 14.6. The molecule has 0 fully saturated rings. The lowest BCUT2D eigenvalue weighted by atomic mass is 9.88. The number of aliphatic hydroxyl groups excluding tert-OH is 1. The van der Waals surface area contributed by atoms with E-state index in [1.54, 1.807) is 32.9 Å². The Morgan fingerprint density at radius 3 is 2.39 bits per heavy atom. The van der Waals surface area contributed by atoms with Gasteiger partial charge in [-0.05, 0) is 62.7 Å². The zero-order valence-electron chi connectivity index (χ0n) is 22.9. The number of hydrogen-bond acceptors (Lipinski definition) is 6. The fourth-order valence-corrected chi connectivity index (χ4v) is 4.81. The predicted octanol–water partition coefficient (Wildman–Crippen LogP) is 4.65. The molecule has 1 aliphatic rings. The molecule has 0 unspecified atom stereocenters. The van der Waals surface area contributed by atoms with E-state index in [-0.39, 0.29) is 23.6 Å². The Bertz CT molecular complexity index is 1040. The van der Waals surface area contributed by atoms with Gasteiger partial charge in [0.1, 0.15) is 0 Å². The number of aliphatic hydroxyl groups is 1. The van der Waals surface area contributed by atoms with Gasteiger partial charge in [-0.2, -0.15) is 0 Å². The third kappa shape index (κ3) is 8.61. The Morgan fingerprint density at radius 2 is 1.79 bits per heavy atom. The fraction of sp³-hybridized carbons (Fsp3) is 0.571. The van der Waals surface area contributed by atoms with Crippen LogP contribution < -0.4 is 11.1 Å². The van der Waals surface area contributed by atoms with Crippen LogP contribution in [0.1, 0.15) is 52.5 Å². The van der Waals surface area contributed by atoms with Crippen molar-refractivity contribution in [3.63, 3.8) is 0 Å². The topological polar surface area (TPSA) is 120 Å². The van der Waals surface area contributed by atoms with E-state index in [0.717, 1.165) is 6.07 Å². The Labute approximate surface area is 223 Å². The van der Waals surface area contributed by atoms with Crippen molar-refractivity contribution in [1.82, 2.24) is 0 Å². The predicted molar refractivity (Wildman–Crippen MR) is 140 cm³/mol. The van der Waals surface area contributed by atoms with E-state index in [1.807, 2.05) is 6.92 Å². The summed E-state index contributed by atoms with van der Waals surface area (Å²) in [5, 5.41) is 13.7. The van der Waals surface area contributed by atoms with Crippen molar-refractivity contribution in [1.29, 1.82) is 0 Å². The molecule has 1 heterocycles. The van der Waals surface area contributed by atoms with Crippen molar-refractivity contribution in [3.05, 3.63) is 52.6 Å². The minimum Gasteiger partial charge on any atom is -0.439 e. The molecule has 2 bridgehead atoms. The second-order valence-electron chi connectivity index (χ2n) is 10.1. The summed E-state index contributed by atoms with van der Waals surface area (Å²) in [6, 6.07) is 2.37. The summed E-state index contributed by atoms with van der Waals surface area (Å²) in [4.78, 5) is 24.4. The van der Waals surface area contributed by atoms with E-state index < -0.39 is 54.0 Å². The Balaban J connectivity index is 2.51. The smallest absolute Gasteiger partial charge is 0.405 e. The first kappa shape index (κ1) is 31.4. The van der Waals surface area contributed by atoms with Gasteiger partial charge >= 0.3 is 6.09 Å². The molecule has 38 heavy (non-hydrogen) atoms. The molecule has 212 valence electrons. The minimum atomic E-state index is -1.06. The summed E-state index contributed by atoms with van der Waals surface area (Å²) in [7, 11) is 2.96. The molecule has 2 amide bonds. The molecule has 4 N–H and O–H groups in total. The molecular formula is C28H40F2N2O6. The molecule has 10 heteroatoms. The lowest BCUT2D eigenvalue weighted by Gasteiger charge is -2.30. The highest BCUT2D eigenvalue weighted by atomic mass is 19.2. The van der Waals surface area contributed by atoms with Crippen molar-refractivity contribution in [2.24, 2.45) is 17.6 Å². The molecule has 2 rings (SSSR count). The van der Waals surface area contributed by atoms with Crippen molar-refractivity contribution in [3.8, 4) is 0 Å². The molecule has 0 saturated heterocycles. The largest absolute Gasteiger partial charge is 0.439 e. The van der Waals surface area contributed by atoms with Crippen LogP contribution in [0.25, 0.3) is 0 Å². The minimum absolute atomic E-state index is 0.120. The number of methoxy groups -OCH3 is 2. The standard InChI is InChI=1S/C28H40F2N2O6/c1-15-10-19-13-20(14-21(29)24(19)30)32-27(34)16(2)8-7-9-22(36-5)26(38-28(31)35)18(4)12-17(3)25(33)23(11-15)37-6/h8,12-15,17,22-23,25-26,33H,7,9-11H2,1-6H3,(H2,31,35)(H,32,34)/b16-8+,18-12+/t15-,17+,22+,23+,25-,26+/m1/s1. The quantitative estimate of drug-likeness (QED) is 0.482. The highest BCUT2D eigenvalue weighted by Gasteiger charge is 2.30. The van der Waals surface area contributed by atoms with E-state index >= 15 is 0 Å².